The highest BCUT2D eigenvalue weighted by molar-refractivity contribution is 5.83. The standard InChI is InChI=1S/C17H20N2O3/c1-4-22-17-15(20-2)10-13(11-16(17)21-3)12-18-19-14-8-6-5-7-9-14/h5-12,19H,4H2,1-3H3/b18-12+. The number of hydrazone groups is 1. The molecule has 2 aromatic carbocycles. The largest absolute Gasteiger partial charge is 0.493 e. The summed E-state index contributed by atoms with van der Waals surface area (Å²) in [6.07, 6.45) is 1.70. The summed E-state index contributed by atoms with van der Waals surface area (Å²) in [5.41, 5.74) is 4.73. The molecule has 0 aliphatic rings. The Morgan fingerprint density at radius 2 is 1.68 bits per heavy atom. The summed E-state index contributed by atoms with van der Waals surface area (Å²) in [7, 11) is 3.20. The van der Waals surface area contributed by atoms with E-state index in [-0.39, 0.29) is 0 Å². The zero-order chi connectivity index (χ0) is 15.8. The molecule has 0 aliphatic heterocycles. The maximum Gasteiger partial charge on any atom is 0.203 e. The van der Waals surface area contributed by atoms with Crippen LogP contribution in [0.5, 0.6) is 17.2 Å². The third-order valence-corrected chi connectivity index (χ3v) is 2.95. The van der Waals surface area contributed by atoms with Gasteiger partial charge in [-0.15, -0.1) is 0 Å². The smallest absolute Gasteiger partial charge is 0.203 e. The number of methoxy groups -OCH3 is 2. The van der Waals surface area contributed by atoms with Gasteiger partial charge in [-0.2, -0.15) is 5.10 Å². The number of anilines is 1. The fraction of sp³-hybridized carbons (Fsp3) is 0.235. The molecule has 0 amide bonds. The maximum atomic E-state index is 5.57. The van der Waals surface area contributed by atoms with Crippen molar-refractivity contribution < 1.29 is 14.2 Å². The Morgan fingerprint density at radius 1 is 1.05 bits per heavy atom. The highest BCUT2D eigenvalue weighted by atomic mass is 16.5. The van der Waals surface area contributed by atoms with Crippen LogP contribution in [-0.2, 0) is 0 Å². The van der Waals surface area contributed by atoms with Crippen molar-refractivity contribution in [2.24, 2.45) is 5.10 Å². The Balaban J connectivity index is 2.20. The third-order valence-electron chi connectivity index (χ3n) is 2.95. The molecular formula is C17H20N2O3. The van der Waals surface area contributed by atoms with Crippen molar-refractivity contribution in [1.82, 2.24) is 0 Å². The highest BCUT2D eigenvalue weighted by Gasteiger charge is 2.13. The molecule has 5 nitrogen and oxygen atoms in total. The van der Waals surface area contributed by atoms with Gasteiger partial charge >= 0.3 is 0 Å². The first-order valence-electron chi connectivity index (χ1n) is 7.01. The van der Waals surface area contributed by atoms with Crippen LogP contribution in [0.25, 0.3) is 0 Å². The van der Waals surface area contributed by atoms with Gasteiger partial charge in [0, 0.05) is 5.56 Å². The minimum atomic E-state index is 0.537. The van der Waals surface area contributed by atoms with Crippen LogP contribution < -0.4 is 19.6 Å². The van der Waals surface area contributed by atoms with Crippen molar-refractivity contribution in [3.05, 3.63) is 48.0 Å². The van der Waals surface area contributed by atoms with Crippen LogP contribution >= 0.6 is 0 Å². The van der Waals surface area contributed by atoms with E-state index < -0.39 is 0 Å². The predicted molar refractivity (Wildman–Crippen MR) is 88.4 cm³/mol. The van der Waals surface area contributed by atoms with E-state index in [1.165, 1.54) is 0 Å². The van der Waals surface area contributed by atoms with Crippen molar-refractivity contribution >= 4 is 11.9 Å². The highest BCUT2D eigenvalue weighted by Crippen LogP contribution is 2.38. The molecule has 0 unspecified atom stereocenters. The third kappa shape index (κ3) is 3.91. The lowest BCUT2D eigenvalue weighted by molar-refractivity contribution is 0.288. The van der Waals surface area contributed by atoms with E-state index in [4.69, 9.17) is 14.2 Å². The van der Waals surface area contributed by atoms with E-state index in [1.54, 1.807) is 20.4 Å². The second-order valence-electron chi connectivity index (χ2n) is 4.42. The fourth-order valence-corrected chi connectivity index (χ4v) is 1.96. The summed E-state index contributed by atoms with van der Waals surface area (Å²) in [5, 5.41) is 4.21. The van der Waals surface area contributed by atoms with E-state index in [2.05, 4.69) is 10.5 Å². The lowest BCUT2D eigenvalue weighted by atomic mass is 10.2. The zero-order valence-corrected chi connectivity index (χ0v) is 13.0. The Labute approximate surface area is 130 Å². The summed E-state index contributed by atoms with van der Waals surface area (Å²) in [5.74, 6) is 1.82. The van der Waals surface area contributed by atoms with E-state index in [0.717, 1.165) is 11.3 Å². The average molecular weight is 300 g/mol. The number of nitrogens with zero attached hydrogens (tertiary/aromatic N) is 1. The Morgan fingerprint density at radius 3 is 2.23 bits per heavy atom. The van der Waals surface area contributed by atoms with Crippen LogP contribution in [0, 0.1) is 0 Å². The van der Waals surface area contributed by atoms with Gasteiger partial charge in [0.25, 0.3) is 0 Å². The average Bonchev–Trinajstić information content (AvgIpc) is 2.56. The molecule has 0 saturated heterocycles. The first-order chi connectivity index (χ1) is 10.8. The van der Waals surface area contributed by atoms with Gasteiger partial charge in [-0.1, -0.05) is 18.2 Å². The van der Waals surface area contributed by atoms with Crippen molar-refractivity contribution in [3.8, 4) is 17.2 Å². The number of benzene rings is 2. The van der Waals surface area contributed by atoms with Crippen molar-refractivity contribution in [2.45, 2.75) is 6.92 Å². The van der Waals surface area contributed by atoms with Gasteiger partial charge < -0.3 is 14.2 Å². The zero-order valence-electron chi connectivity index (χ0n) is 13.0. The second-order valence-corrected chi connectivity index (χ2v) is 4.42. The molecule has 0 heterocycles. The first kappa shape index (κ1) is 15.7. The lowest BCUT2D eigenvalue weighted by Gasteiger charge is -2.14. The number of rotatable bonds is 7. The van der Waals surface area contributed by atoms with E-state index >= 15 is 0 Å². The molecule has 0 atom stereocenters. The molecule has 0 radical (unpaired) electrons. The first-order valence-corrected chi connectivity index (χ1v) is 7.01. The van der Waals surface area contributed by atoms with Gasteiger partial charge in [-0.05, 0) is 31.2 Å². The van der Waals surface area contributed by atoms with Crippen LogP contribution in [0.1, 0.15) is 12.5 Å². The number of hydrogen-bond acceptors (Lipinski definition) is 5. The molecule has 1 N–H and O–H groups in total. The van der Waals surface area contributed by atoms with Gasteiger partial charge in [0.1, 0.15) is 0 Å². The maximum absolute atomic E-state index is 5.57. The molecule has 116 valence electrons. The molecule has 0 aromatic heterocycles. The Kier molecular flexibility index (Phi) is 5.65. The van der Waals surface area contributed by atoms with Crippen LogP contribution in [0.3, 0.4) is 0 Å². The minimum Gasteiger partial charge on any atom is -0.493 e. The monoisotopic (exact) mass is 300 g/mol. The molecule has 0 bridgehead atoms. The lowest BCUT2D eigenvalue weighted by Crippen LogP contribution is -2.00. The normalized spacial score (nSPS) is 10.5. The van der Waals surface area contributed by atoms with Gasteiger partial charge in [-0.3, -0.25) is 5.43 Å². The quantitative estimate of drug-likeness (QED) is 0.627. The molecule has 0 aliphatic carbocycles. The molecule has 2 rings (SSSR count). The van der Waals surface area contributed by atoms with E-state index in [0.29, 0.717) is 23.9 Å². The Bertz CT molecular complexity index is 602. The number of para-hydroxylation sites is 1. The summed E-state index contributed by atoms with van der Waals surface area (Å²) in [4.78, 5) is 0. The molecular weight excluding hydrogens is 280 g/mol. The van der Waals surface area contributed by atoms with Crippen molar-refractivity contribution in [1.29, 1.82) is 0 Å². The summed E-state index contributed by atoms with van der Waals surface area (Å²) in [6.45, 7) is 2.45. The van der Waals surface area contributed by atoms with Gasteiger partial charge in [0.15, 0.2) is 11.5 Å². The Hall–Kier alpha value is -2.69. The van der Waals surface area contributed by atoms with Crippen LogP contribution in [0.15, 0.2) is 47.6 Å². The van der Waals surface area contributed by atoms with Gasteiger partial charge in [0.2, 0.25) is 5.75 Å². The number of nitrogens with one attached hydrogen (secondary N) is 1. The van der Waals surface area contributed by atoms with Crippen molar-refractivity contribution in [2.75, 3.05) is 26.3 Å². The predicted octanol–water partition coefficient (Wildman–Crippen LogP) is 3.55. The summed E-state index contributed by atoms with van der Waals surface area (Å²) >= 11 is 0. The van der Waals surface area contributed by atoms with Gasteiger partial charge in [0.05, 0.1) is 32.7 Å². The van der Waals surface area contributed by atoms with Gasteiger partial charge in [-0.25, -0.2) is 0 Å². The van der Waals surface area contributed by atoms with Crippen LogP contribution in [0.4, 0.5) is 5.69 Å². The molecule has 2 aromatic rings. The fourth-order valence-electron chi connectivity index (χ4n) is 1.96. The van der Waals surface area contributed by atoms with Crippen LogP contribution in [-0.4, -0.2) is 27.0 Å². The molecule has 0 fully saturated rings. The van der Waals surface area contributed by atoms with Crippen LogP contribution in [0.2, 0.25) is 0 Å². The summed E-state index contributed by atoms with van der Waals surface area (Å²) < 4.78 is 16.3. The minimum absolute atomic E-state index is 0.537. The molecule has 0 spiro atoms. The second kappa shape index (κ2) is 7.93. The number of ether oxygens (including phenoxy) is 3. The molecule has 22 heavy (non-hydrogen) atoms. The SMILES string of the molecule is CCOc1c(OC)cc(/C=N/Nc2ccccc2)cc1OC. The molecule has 5 heteroatoms. The van der Waals surface area contributed by atoms with E-state index in [9.17, 15) is 0 Å². The van der Waals surface area contributed by atoms with Crippen molar-refractivity contribution in [3.63, 3.8) is 0 Å². The topological polar surface area (TPSA) is 52.1 Å². The number of hydrogen-bond donors (Lipinski definition) is 1. The summed E-state index contributed by atoms with van der Waals surface area (Å²) in [6, 6.07) is 13.4. The molecule has 0 saturated carbocycles. The van der Waals surface area contributed by atoms with E-state index in [1.807, 2.05) is 49.4 Å².